The fraction of sp³-hybridized carbons (Fsp3) is 0.0270. The topological polar surface area (TPSA) is 49.7 Å². The third-order valence-corrected chi connectivity index (χ3v) is 6.85. The minimum absolute atomic E-state index is 0.0787. The number of benzene rings is 2. The molecule has 3 nitrogen and oxygen atoms in total. The van der Waals surface area contributed by atoms with Crippen LogP contribution in [0.25, 0.3) is 37.4 Å². The Morgan fingerprint density at radius 3 is 1.48 bits per heavy atom. The summed E-state index contributed by atoms with van der Waals surface area (Å²) in [5.74, 6) is 1.07. The van der Waals surface area contributed by atoms with Gasteiger partial charge in [0, 0.05) is 17.0 Å². The van der Waals surface area contributed by atoms with Crippen LogP contribution in [0, 0.1) is 0 Å². The molecule has 2 N–H and O–H groups in total. The van der Waals surface area contributed by atoms with Crippen molar-refractivity contribution in [3.05, 3.63) is 153 Å². The van der Waals surface area contributed by atoms with Crippen LogP contribution in [-0.2, 0) is 0 Å². The average Bonchev–Trinajstić information content (AvgIpc) is 2.95. The third-order valence-electron chi connectivity index (χ3n) is 6.85. The molecular weight excluding hydrogens is 492 g/mol. The van der Waals surface area contributed by atoms with Gasteiger partial charge in [-0.2, -0.15) is 0 Å². The first-order valence-corrected chi connectivity index (χ1v) is 12.9. The van der Waals surface area contributed by atoms with Gasteiger partial charge < -0.3 is 14.9 Å². The highest BCUT2D eigenvalue weighted by atomic mass is 16.5. The summed E-state index contributed by atoms with van der Waals surface area (Å²) in [6, 6.07) is 35.9. The number of fused-ring (bicyclic) bond motifs is 2. The summed E-state index contributed by atoms with van der Waals surface area (Å²) in [6.45, 7) is 16.8. The highest BCUT2D eigenvalue weighted by Gasteiger charge is 2.29. The van der Waals surface area contributed by atoms with Crippen molar-refractivity contribution in [2.24, 2.45) is 0 Å². The molecule has 196 valence electrons. The summed E-state index contributed by atoms with van der Waals surface area (Å²) < 4.78 is 6.54. The zero-order valence-corrected chi connectivity index (χ0v) is 22.2. The van der Waals surface area contributed by atoms with Crippen LogP contribution in [0.1, 0.15) is 22.6 Å². The Kier molecular flexibility index (Phi) is 7.39. The van der Waals surface area contributed by atoms with E-state index in [1.807, 2.05) is 30.3 Å². The number of hydrogen-bond acceptors (Lipinski definition) is 3. The van der Waals surface area contributed by atoms with Crippen LogP contribution < -0.4 is 25.6 Å². The molecular formula is C37H30O3. The van der Waals surface area contributed by atoms with Crippen molar-refractivity contribution in [1.29, 1.82) is 0 Å². The lowest BCUT2D eigenvalue weighted by molar-refractivity contribution is 0.452. The van der Waals surface area contributed by atoms with Crippen LogP contribution in [0.4, 0.5) is 0 Å². The zero-order valence-electron chi connectivity index (χ0n) is 22.2. The molecule has 1 aliphatic heterocycles. The van der Waals surface area contributed by atoms with E-state index in [9.17, 15) is 10.2 Å². The monoisotopic (exact) mass is 522 g/mol. The van der Waals surface area contributed by atoms with Gasteiger partial charge in [0.1, 0.15) is 23.0 Å². The van der Waals surface area contributed by atoms with Crippen LogP contribution in [0.3, 0.4) is 0 Å². The minimum Gasteiger partial charge on any atom is -0.508 e. The Morgan fingerprint density at radius 1 is 0.500 bits per heavy atom. The zero-order chi connectivity index (χ0) is 28.2. The summed E-state index contributed by atoms with van der Waals surface area (Å²) in [7, 11) is 0. The molecule has 0 fully saturated rings. The van der Waals surface area contributed by atoms with Gasteiger partial charge in [0.05, 0.1) is 0 Å². The normalized spacial score (nSPS) is 11.7. The SMILES string of the molecule is C=c1ccc2c(c(=C)ccc(O)c1)C(c1ccc(-c3ccccc3)cc1)c1c(ccc(=C)cc(O)ccc1=C)O2. The Balaban J connectivity index is 1.88. The van der Waals surface area contributed by atoms with Gasteiger partial charge in [0.2, 0.25) is 0 Å². The number of aromatic hydroxyl groups is 2. The molecule has 0 radical (unpaired) electrons. The first-order valence-electron chi connectivity index (χ1n) is 12.9. The maximum atomic E-state index is 10.4. The van der Waals surface area contributed by atoms with Crippen molar-refractivity contribution in [1.82, 2.24) is 0 Å². The predicted molar refractivity (Wildman–Crippen MR) is 165 cm³/mol. The van der Waals surface area contributed by atoms with E-state index in [-0.39, 0.29) is 17.4 Å². The molecule has 1 heterocycles. The fourth-order valence-corrected chi connectivity index (χ4v) is 4.91. The molecule has 3 heteroatoms. The van der Waals surface area contributed by atoms with Gasteiger partial charge in [-0.25, -0.2) is 0 Å². The molecule has 5 rings (SSSR count). The second kappa shape index (κ2) is 11.2. The maximum Gasteiger partial charge on any atom is 0.132 e. The molecule has 0 atom stereocenters. The van der Waals surface area contributed by atoms with Crippen LogP contribution in [-0.4, -0.2) is 10.2 Å². The quantitative estimate of drug-likeness (QED) is 0.302. The Hall–Kier alpha value is -5.28. The third kappa shape index (κ3) is 5.59. The van der Waals surface area contributed by atoms with E-state index in [4.69, 9.17) is 4.74 Å². The van der Waals surface area contributed by atoms with E-state index < -0.39 is 0 Å². The van der Waals surface area contributed by atoms with Crippen LogP contribution in [0.15, 0.2) is 115 Å². The van der Waals surface area contributed by atoms with E-state index in [2.05, 4.69) is 62.7 Å². The summed E-state index contributed by atoms with van der Waals surface area (Å²) in [4.78, 5) is 0. The van der Waals surface area contributed by atoms with Crippen LogP contribution in [0.5, 0.6) is 23.0 Å². The molecule has 4 aromatic rings. The van der Waals surface area contributed by atoms with Crippen molar-refractivity contribution in [2.75, 3.05) is 0 Å². The molecule has 1 aliphatic rings. The molecule has 0 unspecified atom stereocenters. The van der Waals surface area contributed by atoms with Gasteiger partial charge in [0.15, 0.2) is 0 Å². The molecule has 0 saturated carbocycles. The van der Waals surface area contributed by atoms with Crippen molar-refractivity contribution in [2.45, 2.75) is 5.92 Å². The first-order chi connectivity index (χ1) is 19.3. The first kappa shape index (κ1) is 26.3. The van der Waals surface area contributed by atoms with Crippen molar-refractivity contribution >= 4 is 26.3 Å². The Morgan fingerprint density at radius 2 is 0.975 bits per heavy atom. The summed E-state index contributed by atoms with van der Waals surface area (Å²) in [5, 5.41) is 23.3. The van der Waals surface area contributed by atoms with Gasteiger partial charge in [-0.05, 0) is 74.0 Å². The molecule has 0 aliphatic carbocycles. The molecule has 0 aromatic heterocycles. The smallest absolute Gasteiger partial charge is 0.132 e. The Labute approximate surface area is 233 Å². The van der Waals surface area contributed by atoms with Gasteiger partial charge in [-0.1, -0.05) is 105 Å². The van der Waals surface area contributed by atoms with Crippen LogP contribution >= 0.6 is 0 Å². The standard InChI is InChI=1S/C37H30O3/c1-24-10-20-33-35(26(3)12-18-31(38)22-24)37(30-16-14-29(15-17-30)28-8-6-5-7-9-28)36-27(4)13-19-32(39)23-25(2)11-21-34(36)40-33/h5-23,37-39H,1-4H2. The summed E-state index contributed by atoms with van der Waals surface area (Å²) >= 11 is 0. The highest BCUT2D eigenvalue weighted by Crippen LogP contribution is 2.43. The van der Waals surface area contributed by atoms with Crippen molar-refractivity contribution in [3.8, 4) is 34.1 Å². The molecule has 40 heavy (non-hydrogen) atoms. The molecule has 0 saturated heterocycles. The average molecular weight is 523 g/mol. The number of hydrogen-bond donors (Lipinski definition) is 2. The van der Waals surface area contributed by atoms with Gasteiger partial charge >= 0.3 is 0 Å². The van der Waals surface area contributed by atoms with Gasteiger partial charge in [-0.15, -0.1) is 0 Å². The molecule has 0 amide bonds. The lowest BCUT2D eigenvalue weighted by atomic mass is 9.81. The number of ether oxygens (including phenoxy) is 1. The summed E-state index contributed by atoms with van der Waals surface area (Å²) in [6.07, 6.45) is 0. The molecule has 0 spiro atoms. The van der Waals surface area contributed by atoms with E-state index in [0.29, 0.717) is 32.4 Å². The van der Waals surface area contributed by atoms with E-state index in [0.717, 1.165) is 27.8 Å². The minimum atomic E-state index is -0.315. The van der Waals surface area contributed by atoms with E-state index >= 15 is 0 Å². The predicted octanol–water partition coefficient (Wildman–Crippen LogP) is 5.94. The van der Waals surface area contributed by atoms with Crippen molar-refractivity contribution < 1.29 is 14.9 Å². The lowest BCUT2D eigenvalue weighted by Gasteiger charge is -2.28. The van der Waals surface area contributed by atoms with Gasteiger partial charge in [0.25, 0.3) is 0 Å². The molecule has 0 bridgehead atoms. The maximum absolute atomic E-state index is 10.4. The highest BCUT2D eigenvalue weighted by molar-refractivity contribution is 5.65. The fourth-order valence-electron chi connectivity index (χ4n) is 4.91. The number of rotatable bonds is 2. The van der Waals surface area contributed by atoms with E-state index in [1.54, 1.807) is 48.5 Å². The largest absolute Gasteiger partial charge is 0.508 e. The lowest BCUT2D eigenvalue weighted by Crippen LogP contribution is -2.24. The second-order valence-corrected chi connectivity index (χ2v) is 9.75. The van der Waals surface area contributed by atoms with E-state index in [1.165, 1.54) is 0 Å². The Bertz CT molecular complexity index is 1810. The van der Waals surface area contributed by atoms with Gasteiger partial charge in [-0.3, -0.25) is 0 Å². The summed E-state index contributed by atoms with van der Waals surface area (Å²) in [5.41, 5.74) is 4.91. The molecule has 4 aromatic carbocycles. The second-order valence-electron chi connectivity index (χ2n) is 9.75. The van der Waals surface area contributed by atoms with Crippen LogP contribution in [0.2, 0.25) is 0 Å². The van der Waals surface area contributed by atoms with Crippen molar-refractivity contribution in [3.63, 3.8) is 0 Å².